The predicted octanol–water partition coefficient (Wildman–Crippen LogP) is 3.91. The van der Waals surface area contributed by atoms with E-state index in [1.807, 2.05) is 0 Å². The van der Waals surface area contributed by atoms with Crippen molar-refractivity contribution in [2.45, 2.75) is 39.7 Å². The summed E-state index contributed by atoms with van der Waals surface area (Å²) >= 11 is 1.73. The van der Waals surface area contributed by atoms with Crippen LogP contribution in [0.3, 0.4) is 0 Å². The molecule has 1 N–H and O–H groups in total. The molecule has 1 atom stereocenters. The van der Waals surface area contributed by atoms with Crippen LogP contribution in [0.15, 0.2) is 29.6 Å². The van der Waals surface area contributed by atoms with Gasteiger partial charge in [-0.25, -0.2) is 4.98 Å². The minimum atomic E-state index is 0.359. The van der Waals surface area contributed by atoms with E-state index in [0.29, 0.717) is 6.04 Å². The van der Waals surface area contributed by atoms with Gasteiger partial charge in [0.25, 0.3) is 0 Å². The van der Waals surface area contributed by atoms with Gasteiger partial charge in [0.05, 0.1) is 10.7 Å². The number of hydrogen-bond acceptors (Lipinski definition) is 3. The molecular formula is C16H22N2S. The van der Waals surface area contributed by atoms with Gasteiger partial charge >= 0.3 is 0 Å². The van der Waals surface area contributed by atoms with E-state index in [0.717, 1.165) is 24.4 Å². The SMILES string of the molecule is CCNC(Cc1csc(C)n1)c1cccc(CC)c1. The van der Waals surface area contributed by atoms with Gasteiger partial charge in [-0.2, -0.15) is 0 Å². The Morgan fingerprint density at radius 2 is 2.16 bits per heavy atom. The van der Waals surface area contributed by atoms with Gasteiger partial charge in [-0.3, -0.25) is 0 Å². The Balaban J connectivity index is 2.18. The standard InChI is InChI=1S/C16H22N2S/c1-4-13-7-6-8-14(9-13)16(17-5-2)10-15-11-19-12(3)18-15/h6-9,11,16-17H,4-5,10H2,1-3H3. The zero-order valence-electron chi connectivity index (χ0n) is 11.9. The molecule has 0 aliphatic heterocycles. The molecule has 2 nitrogen and oxygen atoms in total. The highest BCUT2D eigenvalue weighted by Gasteiger charge is 2.13. The van der Waals surface area contributed by atoms with Crippen LogP contribution < -0.4 is 5.32 Å². The Bertz CT molecular complexity index is 519. The molecule has 1 aromatic heterocycles. The molecule has 0 spiro atoms. The average molecular weight is 274 g/mol. The van der Waals surface area contributed by atoms with Crippen molar-refractivity contribution in [2.75, 3.05) is 6.54 Å². The Morgan fingerprint density at radius 3 is 2.79 bits per heavy atom. The number of thiazole rings is 1. The number of aromatic nitrogens is 1. The molecule has 102 valence electrons. The molecule has 19 heavy (non-hydrogen) atoms. The molecule has 1 aromatic carbocycles. The van der Waals surface area contributed by atoms with Crippen LogP contribution in [0, 0.1) is 6.92 Å². The summed E-state index contributed by atoms with van der Waals surface area (Å²) in [5.74, 6) is 0. The van der Waals surface area contributed by atoms with E-state index >= 15 is 0 Å². The molecule has 1 unspecified atom stereocenters. The normalized spacial score (nSPS) is 12.6. The second-order valence-corrected chi connectivity index (χ2v) is 5.83. The first-order chi connectivity index (χ1) is 9.22. The number of benzene rings is 1. The molecular weight excluding hydrogens is 252 g/mol. The number of rotatable bonds is 6. The number of likely N-dealkylation sites (N-methyl/N-ethyl adjacent to an activating group) is 1. The van der Waals surface area contributed by atoms with Crippen LogP contribution >= 0.6 is 11.3 Å². The van der Waals surface area contributed by atoms with Gasteiger partial charge in [-0.05, 0) is 31.0 Å². The molecule has 0 aliphatic carbocycles. The van der Waals surface area contributed by atoms with Crippen LogP contribution in [0.5, 0.6) is 0 Å². The quantitative estimate of drug-likeness (QED) is 0.864. The van der Waals surface area contributed by atoms with Crippen molar-refractivity contribution in [1.29, 1.82) is 0 Å². The smallest absolute Gasteiger partial charge is 0.0897 e. The lowest BCUT2D eigenvalue weighted by Gasteiger charge is -2.18. The second kappa shape index (κ2) is 6.83. The topological polar surface area (TPSA) is 24.9 Å². The van der Waals surface area contributed by atoms with Crippen molar-refractivity contribution in [1.82, 2.24) is 10.3 Å². The summed E-state index contributed by atoms with van der Waals surface area (Å²) in [6.07, 6.45) is 2.05. The highest BCUT2D eigenvalue weighted by atomic mass is 32.1. The van der Waals surface area contributed by atoms with Crippen molar-refractivity contribution >= 4 is 11.3 Å². The molecule has 0 fully saturated rings. The summed E-state index contributed by atoms with van der Waals surface area (Å²) in [6.45, 7) is 7.40. The van der Waals surface area contributed by atoms with Crippen LogP contribution in [0.4, 0.5) is 0 Å². The van der Waals surface area contributed by atoms with Gasteiger partial charge in [-0.1, -0.05) is 38.1 Å². The van der Waals surface area contributed by atoms with E-state index in [4.69, 9.17) is 0 Å². The molecule has 1 heterocycles. The third-order valence-electron chi connectivity index (χ3n) is 3.29. The third-order valence-corrected chi connectivity index (χ3v) is 4.11. The third kappa shape index (κ3) is 3.88. The van der Waals surface area contributed by atoms with Gasteiger partial charge in [0, 0.05) is 17.8 Å². The number of hydrogen-bond donors (Lipinski definition) is 1. The maximum Gasteiger partial charge on any atom is 0.0897 e. The summed E-state index contributed by atoms with van der Waals surface area (Å²) in [6, 6.07) is 9.24. The molecule has 0 aliphatic rings. The largest absolute Gasteiger partial charge is 0.310 e. The van der Waals surface area contributed by atoms with Gasteiger partial charge in [0.1, 0.15) is 0 Å². The Morgan fingerprint density at radius 1 is 1.32 bits per heavy atom. The molecule has 0 radical (unpaired) electrons. The maximum atomic E-state index is 4.58. The fourth-order valence-electron chi connectivity index (χ4n) is 2.30. The van der Waals surface area contributed by atoms with Gasteiger partial charge in [0.2, 0.25) is 0 Å². The van der Waals surface area contributed by atoms with Crippen molar-refractivity contribution in [2.24, 2.45) is 0 Å². The summed E-state index contributed by atoms with van der Waals surface area (Å²) in [7, 11) is 0. The minimum absolute atomic E-state index is 0.359. The van der Waals surface area contributed by atoms with E-state index in [1.54, 1.807) is 11.3 Å². The molecule has 2 rings (SSSR count). The van der Waals surface area contributed by atoms with E-state index in [1.165, 1.54) is 16.8 Å². The van der Waals surface area contributed by atoms with Crippen LogP contribution in [0.2, 0.25) is 0 Å². The molecule has 0 saturated heterocycles. The number of nitrogens with zero attached hydrogens (tertiary/aromatic N) is 1. The fraction of sp³-hybridized carbons (Fsp3) is 0.438. The molecule has 0 amide bonds. The second-order valence-electron chi connectivity index (χ2n) is 4.77. The Kier molecular flexibility index (Phi) is 5.11. The highest BCUT2D eigenvalue weighted by Crippen LogP contribution is 2.21. The zero-order valence-corrected chi connectivity index (χ0v) is 12.8. The Hall–Kier alpha value is -1.19. The molecule has 2 aromatic rings. The summed E-state index contributed by atoms with van der Waals surface area (Å²) in [5, 5.41) is 6.89. The monoisotopic (exact) mass is 274 g/mol. The van der Waals surface area contributed by atoms with Crippen molar-refractivity contribution in [3.8, 4) is 0 Å². The van der Waals surface area contributed by atoms with Crippen LogP contribution in [0.25, 0.3) is 0 Å². The first-order valence-corrected chi connectivity index (χ1v) is 7.84. The average Bonchev–Trinajstić information content (AvgIpc) is 2.84. The van der Waals surface area contributed by atoms with Crippen molar-refractivity contribution in [3.63, 3.8) is 0 Å². The van der Waals surface area contributed by atoms with Crippen LogP contribution in [0.1, 0.15) is 41.7 Å². The molecule has 3 heteroatoms. The summed E-state index contributed by atoms with van der Waals surface area (Å²) in [4.78, 5) is 4.58. The van der Waals surface area contributed by atoms with Gasteiger partial charge in [0.15, 0.2) is 0 Å². The lowest BCUT2D eigenvalue weighted by atomic mass is 9.99. The summed E-state index contributed by atoms with van der Waals surface area (Å²) in [5.41, 5.74) is 3.96. The Labute approximate surface area is 119 Å². The maximum absolute atomic E-state index is 4.58. The van der Waals surface area contributed by atoms with E-state index in [-0.39, 0.29) is 0 Å². The molecule has 0 saturated carbocycles. The lowest BCUT2D eigenvalue weighted by Crippen LogP contribution is -2.23. The first-order valence-electron chi connectivity index (χ1n) is 6.96. The lowest BCUT2D eigenvalue weighted by molar-refractivity contribution is 0.544. The summed E-state index contributed by atoms with van der Waals surface area (Å²) < 4.78 is 0. The van der Waals surface area contributed by atoms with E-state index in [9.17, 15) is 0 Å². The van der Waals surface area contributed by atoms with Gasteiger partial charge in [-0.15, -0.1) is 11.3 Å². The van der Waals surface area contributed by atoms with Crippen LogP contribution in [-0.2, 0) is 12.8 Å². The fourth-order valence-corrected chi connectivity index (χ4v) is 2.92. The van der Waals surface area contributed by atoms with Gasteiger partial charge < -0.3 is 5.32 Å². The number of aryl methyl sites for hydroxylation is 2. The van der Waals surface area contributed by atoms with Crippen LogP contribution in [-0.4, -0.2) is 11.5 Å². The predicted molar refractivity (Wildman–Crippen MR) is 82.8 cm³/mol. The highest BCUT2D eigenvalue weighted by molar-refractivity contribution is 7.09. The minimum Gasteiger partial charge on any atom is -0.310 e. The van der Waals surface area contributed by atoms with E-state index < -0.39 is 0 Å². The van der Waals surface area contributed by atoms with E-state index in [2.05, 4.69) is 60.7 Å². The molecule has 0 bridgehead atoms. The number of nitrogens with one attached hydrogen (secondary N) is 1. The van der Waals surface area contributed by atoms with Crippen molar-refractivity contribution < 1.29 is 0 Å². The zero-order chi connectivity index (χ0) is 13.7. The van der Waals surface area contributed by atoms with Crippen molar-refractivity contribution in [3.05, 3.63) is 51.5 Å². The first kappa shape index (κ1) is 14.2.